The van der Waals surface area contributed by atoms with E-state index in [1.807, 2.05) is 24.5 Å². The van der Waals surface area contributed by atoms with Crippen LogP contribution < -0.4 is 5.32 Å². The number of hydrogen-bond acceptors (Lipinski definition) is 3. The van der Waals surface area contributed by atoms with Crippen molar-refractivity contribution in [1.82, 2.24) is 14.9 Å². The number of nitrogens with zero attached hydrogens (tertiary/aromatic N) is 3. The summed E-state index contributed by atoms with van der Waals surface area (Å²) < 4.78 is 2.10. The number of hydrogen-bond donors (Lipinski definition) is 1. The van der Waals surface area contributed by atoms with Gasteiger partial charge in [-0.05, 0) is 31.5 Å². The summed E-state index contributed by atoms with van der Waals surface area (Å²) in [5.74, 6) is 0. The topological polar surface area (TPSA) is 53.6 Å². The molecular weight excluding hydrogens is 224 g/mol. The van der Waals surface area contributed by atoms with Gasteiger partial charge in [0.05, 0.1) is 29.5 Å². The molecule has 0 radical (unpaired) electrons. The van der Waals surface area contributed by atoms with Gasteiger partial charge in [-0.2, -0.15) is 5.26 Å². The van der Waals surface area contributed by atoms with Crippen LogP contribution in [0.1, 0.15) is 19.8 Å². The third-order valence-electron chi connectivity index (χ3n) is 2.98. The molecule has 4 heteroatoms. The predicted octanol–water partition coefficient (Wildman–Crippen LogP) is 2.32. The van der Waals surface area contributed by atoms with E-state index in [0.717, 1.165) is 37.0 Å². The molecule has 0 amide bonds. The minimum absolute atomic E-state index is 0.0777. The molecule has 0 aliphatic carbocycles. The maximum absolute atomic E-state index is 9.06. The maximum atomic E-state index is 9.06. The molecule has 18 heavy (non-hydrogen) atoms. The molecule has 94 valence electrons. The number of imidazole rings is 1. The summed E-state index contributed by atoms with van der Waals surface area (Å²) in [6.07, 6.45) is 3.70. The van der Waals surface area contributed by atoms with Gasteiger partial charge < -0.3 is 9.88 Å². The molecule has 1 unspecified atom stereocenters. The van der Waals surface area contributed by atoms with Gasteiger partial charge in [0.1, 0.15) is 0 Å². The summed E-state index contributed by atoms with van der Waals surface area (Å²) in [6.45, 7) is 3.81. The smallest absolute Gasteiger partial charge is 0.0970 e. The Morgan fingerprint density at radius 2 is 2.28 bits per heavy atom. The van der Waals surface area contributed by atoms with E-state index in [2.05, 4.69) is 33.9 Å². The van der Waals surface area contributed by atoms with Gasteiger partial charge in [-0.25, -0.2) is 4.98 Å². The molecule has 1 aromatic heterocycles. The molecule has 2 rings (SSSR count). The lowest BCUT2D eigenvalue weighted by Crippen LogP contribution is -2.29. The number of nitrogens with one attached hydrogen (secondary N) is 1. The summed E-state index contributed by atoms with van der Waals surface area (Å²) in [6, 6.07) is 10.3. The van der Waals surface area contributed by atoms with E-state index in [9.17, 15) is 0 Å². The van der Waals surface area contributed by atoms with Crippen molar-refractivity contribution < 1.29 is 0 Å². The average molecular weight is 242 g/mol. The number of aryl methyl sites for hydroxylation is 1. The van der Waals surface area contributed by atoms with E-state index < -0.39 is 0 Å². The van der Waals surface area contributed by atoms with E-state index in [0.29, 0.717) is 0 Å². The minimum Gasteiger partial charge on any atom is -0.330 e. The number of nitriles is 1. The quantitative estimate of drug-likeness (QED) is 0.845. The zero-order valence-electron chi connectivity index (χ0n) is 10.6. The van der Waals surface area contributed by atoms with Gasteiger partial charge in [0, 0.05) is 6.54 Å². The largest absolute Gasteiger partial charge is 0.330 e. The number of aromatic nitrogens is 2. The third kappa shape index (κ3) is 2.88. The summed E-state index contributed by atoms with van der Waals surface area (Å²) >= 11 is 0. The van der Waals surface area contributed by atoms with Crippen LogP contribution in [-0.2, 0) is 6.54 Å². The van der Waals surface area contributed by atoms with E-state index >= 15 is 0 Å². The Hall–Kier alpha value is -1.86. The highest BCUT2D eigenvalue weighted by Gasteiger charge is 2.07. The minimum atomic E-state index is -0.0777. The number of fused-ring (bicyclic) bond motifs is 1. The predicted molar refractivity (Wildman–Crippen MR) is 72.0 cm³/mol. The van der Waals surface area contributed by atoms with Crippen molar-refractivity contribution in [3.63, 3.8) is 0 Å². The maximum Gasteiger partial charge on any atom is 0.0970 e. The molecule has 0 aliphatic rings. The van der Waals surface area contributed by atoms with Crippen LogP contribution in [-0.4, -0.2) is 22.1 Å². The number of rotatable bonds is 6. The molecule has 1 atom stereocenters. The molecule has 0 fully saturated rings. The normalized spacial score (nSPS) is 12.4. The fourth-order valence-corrected chi connectivity index (χ4v) is 1.99. The second-order valence-corrected chi connectivity index (χ2v) is 4.35. The van der Waals surface area contributed by atoms with Crippen LogP contribution in [0.15, 0.2) is 30.6 Å². The zero-order chi connectivity index (χ0) is 12.8. The third-order valence-corrected chi connectivity index (χ3v) is 2.98. The summed E-state index contributed by atoms with van der Waals surface area (Å²) in [5, 5.41) is 12.3. The van der Waals surface area contributed by atoms with Crippen LogP contribution in [0.2, 0.25) is 0 Å². The van der Waals surface area contributed by atoms with Crippen molar-refractivity contribution in [2.75, 3.05) is 6.54 Å². The Kier molecular flexibility index (Phi) is 4.32. The van der Waals surface area contributed by atoms with E-state index in [1.54, 1.807) is 0 Å². The molecule has 0 saturated heterocycles. The van der Waals surface area contributed by atoms with Gasteiger partial charge in [-0.15, -0.1) is 0 Å². The zero-order valence-corrected chi connectivity index (χ0v) is 10.6. The lowest BCUT2D eigenvalue weighted by atomic mass is 10.2. The second-order valence-electron chi connectivity index (χ2n) is 4.35. The Balaban J connectivity index is 1.99. The SMILES string of the molecule is CCCNC(C#N)CCn1cnc2ccccc21. The van der Waals surface area contributed by atoms with E-state index in [-0.39, 0.29) is 6.04 Å². The van der Waals surface area contributed by atoms with Crippen LogP contribution in [0.4, 0.5) is 0 Å². The highest BCUT2D eigenvalue weighted by atomic mass is 15.0. The molecular formula is C14H18N4. The molecule has 2 aromatic rings. The first-order valence-electron chi connectivity index (χ1n) is 6.38. The van der Waals surface area contributed by atoms with Gasteiger partial charge in [0.15, 0.2) is 0 Å². The van der Waals surface area contributed by atoms with Gasteiger partial charge >= 0.3 is 0 Å². The Bertz CT molecular complexity index is 538. The summed E-state index contributed by atoms with van der Waals surface area (Å²) in [5.41, 5.74) is 2.14. The molecule has 0 spiro atoms. The fraction of sp³-hybridized carbons (Fsp3) is 0.429. The van der Waals surface area contributed by atoms with Crippen molar-refractivity contribution in [3.05, 3.63) is 30.6 Å². The van der Waals surface area contributed by atoms with Gasteiger partial charge in [-0.1, -0.05) is 19.1 Å². The molecule has 1 heterocycles. The Morgan fingerprint density at radius 3 is 3.06 bits per heavy atom. The van der Waals surface area contributed by atoms with E-state index in [1.165, 1.54) is 0 Å². The van der Waals surface area contributed by atoms with Gasteiger partial charge in [-0.3, -0.25) is 0 Å². The molecule has 1 aromatic carbocycles. The molecule has 4 nitrogen and oxygen atoms in total. The number of benzene rings is 1. The molecule has 0 saturated carbocycles. The fourth-order valence-electron chi connectivity index (χ4n) is 1.99. The molecule has 0 bridgehead atoms. The summed E-state index contributed by atoms with van der Waals surface area (Å²) in [4.78, 5) is 4.34. The highest BCUT2D eigenvalue weighted by molar-refractivity contribution is 5.74. The molecule has 0 aliphatic heterocycles. The molecule has 1 N–H and O–H groups in total. The average Bonchev–Trinajstić information content (AvgIpc) is 2.82. The summed E-state index contributed by atoms with van der Waals surface area (Å²) in [7, 11) is 0. The van der Waals surface area contributed by atoms with Crippen molar-refractivity contribution in [2.24, 2.45) is 0 Å². The second kappa shape index (κ2) is 6.18. The van der Waals surface area contributed by atoms with Crippen LogP contribution in [0.5, 0.6) is 0 Å². The first-order valence-corrected chi connectivity index (χ1v) is 6.38. The van der Waals surface area contributed by atoms with Crippen molar-refractivity contribution in [2.45, 2.75) is 32.4 Å². The van der Waals surface area contributed by atoms with Crippen molar-refractivity contribution in [3.8, 4) is 6.07 Å². The van der Waals surface area contributed by atoms with Crippen molar-refractivity contribution in [1.29, 1.82) is 5.26 Å². The van der Waals surface area contributed by atoms with E-state index in [4.69, 9.17) is 5.26 Å². The van der Waals surface area contributed by atoms with Gasteiger partial charge in [0.2, 0.25) is 0 Å². The number of para-hydroxylation sites is 2. The van der Waals surface area contributed by atoms with Gasteiger partial charge in [0.25, 0.3) is 0 Å². The highest BCUT2D eigenvalue weighted by Crippen LogP contribution is 2.12. The van der Waals surface area contributed by atoms with Crippen LogP contribution in [0.25, 0.3) is 11.0 Å². The first-order chi connectivity index (χ1) is 8.85. The lowest BCUT2D eigenvalue weighted by Gasteiger charge is -2.11. The van der Waals surface area contributed by atoms with Crippen LogP contribution >= 0.6 is 0 Å². The Morgan fingerprint density at radius 1 is 1.44 bits per heavy atom. The Labute approximate surface area is 107 Å². The standard InChI is InChI=1S/C14H18N4/c1-2-8-16-12(10-15)7-9-18-11-17-13-5-3-4-6-14(13)18/h3-6,11-12,16H,2,7-9H2,1H3. The first kappa shape index (κ1) is 12.6. The van der Waals surface area contributed by atoms with Crippen LogP contribution in [0.3, 0.4) is 0 Å². The lowest BCUT2D eigenvalue weighted by molar-refractivity contribution is 0.521. The van der Waals surface area contributed by atoms with Crippen LogP contribution in [0, 0.1) is 11.3 Å². The van der Waals surface area contributed by atoms with Crippen molar-refractivity contribution >= 4 is 11.0 Å². The monoisotopic (exact) mass is 242 g/mol.